The van der Waals surface area contributed by atoms with Gasteiger partial charge in [-0.15, -0.1) is 0 Å². The van der Waals surface area contributed by atoms with Gasteiger partial charge in [-0.05, 0) is 55.4 Å². The lowest BCUT2D eigenvalue weighted by Gasteiger charge is -2.21. The zero-order chi connectivity index (χ0) is 20.1. The Morgan fingerprint density at radius 1 is 1.07 bits per heavy atom. The maximum atomic E-state index is 13.1. The number of sulfonamides is 1. The molecule has 0 bridgehead atoms. The first-order valence-electron chi connectivity index (χ1n) is 8.88. The second-order valence-corrected chi connectivity index (χ2v) is 8.92. The summed E-state index contributed by atoms with van der Waals surface area (Å²) in [6.07, 6.45) is 0.602. The Morgan fingerprint density at radius 3 is 2.54 bits per heavy atom. The van der Waals surface area contributed by atoms with E-state index in [4.69, 9.17) is 11.6 Å². The average Bonchev–Trinajstić information content (AvgIpc) is 2.88. The molecule has 1 aliphatic rings. The molecule has 28 heavy (non-hydrogen) atoms. The normalized spacial score (nSPS) is 16.5. The summed E-state index contributed by atoms with van der Waals surface area (Å²) in [5.74, 6) is -0.663. The topological polar surface area (TPSA) is 69.7 Å². The summed E-state index contributed by atoms with van der Waals surface area (Å²) < 4.78 is 39.9. The number of carbonyl (C=O) groups is 1. The molecule has 0 atom stereocenters. The van der Waals surface area contributed by atoms with Crippen LogP contribution in [0.25, 0.3) is 0 Å². The number of anilines is 1. The number of nitrogens with one attached hydrogen (secondary N) is 1. The second-order valence-electron chi connectivity index (χ2n) is 6.55. The van der Waals surface area contributed by atoms with Crippen LogP contribution in [0, 0.1) is 5.82 Å². The number of halogens is 2. The summed E-state index contributed by atoms with van der Waals surface area (Å²) in [6.45, 7) is 1.83. The summed E-state index contributed by atoms with van der Waals surface area (Å²) in [6, 6.07) is 11.7. The van der Waals surface area contributed by atoms with E-state index in [1.54, 1.807) is 24.3 Å². The van der Waals surface area contributed by atoms with Crippen molar-refractivity contribution in [3.8, 4) is 0 Å². The fraction of sp³-hybridized carbons (Fsp3) is 0.316. The molecule has 1 aliphatic heterocycles. The van der Waals surface area contributed by atoms with Gasteiger partial charge in [-0.1, -0.05) is 17.7 Å². The fourth-order valence-corrected chi connectivity index (χ4v) is 4.73. The molecule has 0 unspecified atom stereocenters. The number of rotatable bonds is 5. The largest absolute Gasteiger partial charge is 0.325 e. The van der Waals surface area contributed by atoms with Crippen molar-refractivity contribution in [2.24, 2.45) is 0 Å². The highest BCUT2D eigenvalue weighted by Crippen LogP contribution is 2.18. The molecule has 1 amide bonds. The molecular formula is C19H21ClFN3O3S. The molecule has 0 aromatic heterocycles. The van der Waals surface area contributed by atoms with E-state index in [2.05, 4.69) is 5.32 Å². The predicted molar refractivity (Wildman–Crippen MR) is 106 cm³/mol. The minimum Gasteiger partial charge on any atom is -0.325 e. The average molecular weight is 426 g/mol. The van der Waals surface area contributed by atoms with E-state index in [0.717, 1.165) is 12.1 Å². The van der Waals surface area contributed by atoms with Crippen LogP contribution in [-0.2, 0) is 14.8 Å². The lowest BCUT2D eigenvalue weighted by Crippen LogP contribution is -2.38. The smallest absolute Gasteiger partial charge is 0.243 e. The molecule has 2 aromatic rings. The molecule has 1 N–H and O–H groups in total. The van der Waals surface area contributed by atoms with Crippen LogP contribution >= 0.6 is 11.6 Å². The van der Waals surface area contributed by atoms with Gasteiger partial charge in [0.25, 0.3) is 0 Å². The summed E-state index contributed by atoms with van der Waals surface area (Å²) in [7, 11) is -3.68. The molecule has 1 heterocycles. The first-order valence-corrected chi connectivity index (χ1v) is 10.7. The number of amides is 1. The minimum absolute atomic E-state index is 0.0704. The van der Waals surface area contributed by atoms with Crippen molar-refractivity contribution in [3.05, 3.63) is 59.4 Å². The Kier molecular flexibility index (Phi) is 6.66. The lowest BCUT2D eigenvalue weighted by atomic mass is 10.3. The zero-order valence-corrected chi connectivity index (χ0v) is 16.7. The van der Waals surface area contributed by atoms with Gasteiger partial charge in [0.2, 0.25) is 15.9 Å². The van der Waals surface area contributed by atoms with Gasteiger partial charge in [-0.25, -0.2) is 12.8 Å². The van der Waals surface area contributed by atoms with Crippen LogP contribution in [0.2, 0.25) is 5.02 Å². The quantitative estimate of drug-likeness (QED) is 0.799. The highest BCUT2D eigenvalue weighted by molar-refractivity contribution is 7.89. The van der Waals surface area contributed by atoms with E-state index in [-0.39, 0.29) is 23.9 Å². The fourth-order valence-electron chi connectivity index (χ4n) is 3.07. The molecule has 0 aliphatic carbocycles. The zero-order valence-electron chi connectivity index (χ0n) is 15.1. The summed E-state index contributed by atoms with van der Waals surface area (Å²) in [5, 5.41) is 3.33. The van der Waals surface area contributed by atoms with Gasteiger partial charge in [0.1, 0.15) is 5.82 Å². The van der Waals surface area contributed by atoms with Crippen LogP contribution < -0.4 is 5.32 Å². The molecule has 150 valence electrons. The highest BCUT2D eigenvalue weighted by atomic mass is 35.5. The first kappa shape index (κ1) is 20.7. The summed E-state index contributed by atoms with van der Waals surface area (Å²) in [4.78, 5) is 14.3. The monoisotopic (exact) mass is 425 g/mol. The van der Waals surface area contributed by atoms with Crippen LogP contribution in [0.5, 0.6) is 0 Å². The number of carbonyl (C=O) groups excluding carboxylic acids is 1. The molecule has 9 heteroatoms. The first-order chi connectivity index (χ1) is 13.3. The lowest BCUT2D eigenvalue weighted by molar-refractivity contribution is -0.117. The second kappa shape index (κ2) is 9.00. The van der Waals surface area contributed by atoms with Crippen molar-refractivity contribution in [2.75, 3.05) is 38.0 Å². The van der Waals surface area contributed by atoms with Gasteiger partial charge < -0.3 is 5.32 Å². The standard InChI is InChI=1S/C19H21ClFN3O3S/c20-15-3-1-4-17(13-15)22-19(25)14-23-9-2-10-24(12-11-23)28(26,27)18-7-5-16(21)6-8-18/h1,3-8,13H,2,9-12,14H2,(H,22,25). The van der Waals surface area contributed by atoms with Crippen LogP contribution in [0.4, 0.5) is 10.1 Å². The Hall–Kier alpha value is -2.00. The van der Waals surface area contributed by atoms with Gasteiger partial charge in [0, 0.05) is 30.3 Å². The van der Waals surface area contributed by atoms with Gasteiger partial charge >= 0.3 is 0 Å². The van der Waals surface area contributed by atoms with Crippen LogP contribution in [0.15, 0.2) is 53.4 Å². The number of nitrogens with zero attached hydrogens (tertiary/aromatic N) is 2. The van der Waals surface area contributed by atoms with E-state index in [9.17, 15) is 17.6 Å². The maximum Gasteiger partial charge on any atom is 0.243 e. The van der Waals surface area contributed by atoms with Crippen LogP contribution in [-0.4, -0.2) is 56.3 Å². The van der Waals surface area contributed by atoms with Crippen molar-refractivity contribution in [3.63, 3.8) is 0 Å². The minimum atomic E-state index is -3.68. The van der Waals surface area contributed by atoms with Crippen molar-refractivity contribution < 1.29 is 17.6 Å². The molecule has 3 rings (SSSR count). The molecule has 0 radical (unpaired) electrons. The van der Waals surface area contributed by atoms with E-state index < -0.39 is 15.8 Å². The van der Waals surface area contributed by atoms with Crippen LogP contribution in [0.3, 0.4) is 0 Å². The molecule has 0 spiro atoms. The summed E-state index contributed by atoms with van der Waals surface area (Å²) in [5.41, 5.74) is 0.618. The molecule has 1 saturated heterocycles. The van der Waals surface area contributed by atoms with E-state index >= 15 is 0 Å². The van der Waals surface area contributed by atoms with E-state index in [1.165, 1.54) is 16.4 Å². The van der Waals surface area contributed by atoms with Gasteiger partial charge in [0.15, 0.2) is 0 Å². The van der Waals surface area contributed by atoms with Crippen molar-refractivity contribution in [2.45, 2.75) is 11.3 Å². The van der Waals surface area contributed by atoms with E-state index in [0.29, 0.717) is 36.8 Å². The van der Waals surface area contributed by atoms with Crippen molar-refractivity contribution >= 4 is 33.2 Å². The number of benzene rings is 2. The Bertz CT molecular complexity index is 938. The maximum absolute atomic E-state index is 13.1. The van der Waals surface area contributed by atoms with E-state index in [1.807, 2.05) is 4.90 Å². The molecule has 0 saturated carbocycles. The predicted octanol–water partition coefficient (Wildman–Crippen LogP) is 2.81. The molecule has 1 fully saturated rings. The molecule has 2 aromatic carbocycles. The van der Waals surface area contributed by atoms with Gasteiger partial charge in [-0.2, -0.15) is 4.31 Å². The van der Waals surface area contributed by atoms with Crippen LogP contribution in [0.1, 0.15) is 6.42 Å². The molecule has 6 nitrogen and oxygen atoms in total. The third-order valence-electron chi connectivity index (χ3n) is 4.47. The number of hydrogen-bond donors (Lipinski definition) is 1. The Morgan fingerprint density at radius 2 is 1.82 bits per heavy atom. The third kappa shape index (κ3) is 5.29. The SMILES string of the molecule is O=C(CN1CCCN(S(=O)(=O)c2ccc(F)cc2)CC1)Nc1cccc(Cl)c1. The van der Waals surface area contributed by atoms with Gasteiger partial charge in [0.05, 0.1) is 11.4 Å². The third-order valence-corrected chi connectivity index (χ3v) is 6.62. The Balaban J connectivity index is 1.58. The Labute approximate surface area is 168 Å². The highest BCUT2D eigenvalue weighted by Gasteiger charge is 2.27. The van der Waals surface area contributed by atoms with Crippen molar-refractivity contribution in [1.29, 1.82) is 0 Å². The number of hydrogen-bond acceptors (Lipinski definition) is 4. The molecular weight excluding hydrogens is 405 g/mol. The summed E-state index contributed by atoms with van der Waals surface area (Å²) >= 11 is 5.91. The van der Waals surface area contributed by atoms with Crippen molar-refractivity contribution in [1.82, 2.24) is 9.21 Å². The van der Waals surface area contributed by atoms with Gasteiger partial charge in [-0.3, -0.25) is 9.69 Å².